The van der Waals surface area contributed by atoms with Crippen molar-refractivity contribution in [1.82, 2.24) is 15.3 Å². The van der Waals surface area contributed by atoms with Crippen molar-refractivity contribution in [3.63, 3.8) is 0 Å². The molecular formula is C34H44ClN7S. The minimum atomic E-state index is 0.0308. The molecule has 2 aromatic carbocycles. The van der Waals surface area contributed by atoms with Gasteiger partial charge in [0, 0.05) is 68.0 Å². The zero-order valence-corrected chi connectivity index (χ0v) is 27.0. The first-order valence-corrected chi connectivity index (χ1v) is 16.7. The van der Waals surface area contributed by atoms with Crippen LogP contribution in [0.1, 0.15) is 51.5 Å². The Bertz CT molecular complexity index is 1380. The van der Waals surface area contributed by atoms with Gasteiger partial charge in [0.2, 0.25) is 5.95 Å². The predicted octanol–water partition coefficient (Wildman–Crippen LogP) is 6.74. The van der Waals surface area contributed by atoms with E-state index < -0.39 is 0 Å². The summed E-state index contributed by atoms with van der Waals surface area (Å²) in [6.45, 7) is 11.2. The molecule has 0 bridgehead atoms. The molecule has 7 nitrogen and oxygen atoms in total. The van der Waals surface area contributed by atoms with Crippen LogP contribution in [0.3, 0.4) is 0 Å². The lowest BCUT2D eigenvalue weighted by Crippen LogP contribution is -2.47. The second-order valence-corrected chi connectivity index (χ2v) is 13.7. The average molecular weight is 618 g/mol. The number of hydrogen-bond acceptors (Lipinski definition) is 6. The summed E-state index contributed by atoms with van der Waals surface area (Å²) in [5.41, 5.74) is 2.60. The van der Waals surface area contributed by atoms with E-state index in [2.05, 4.69) is 93.8 Å². The fourth-order valence-corrected chi connectivity index (χ4v) is 7.67. The zero-order chi connectivity index (χ0) is 29.8. The molecule has 2 N–H and O–H groups in total. The van der Waals surface area contributed by atoms with Gasteiger partial charge in [0.05, 0.1) is 0 Å². The van der Waals surface area contributed by atoms with Gasteiger partial charge in [0.1, 0.15) is 11.6 Å². The lowest BCUT2D eigenvalue weighted by molar-refractivity contribution is 0.355. The van der Waals surface area contributed by atoms with Crippen molar-refractivity contribution in [1.29, 1.82) is 0 Å². The van der Waals surface area contributed by atoms with Crippen molar-refractivity contribution in [2.24, 2.45) is 11.8 Å². The molecule has 43 heavy (non-hydrogen) atoms. The topological polar surface area (TPSA) is 59.6 Å². The molecule has 228 valence electrons. The van der Waals surface area contributed by atoms with Gasteiger partial charge in [0.25, 0.3) is 0 Å². The Kier molecular flexibility index (Phi) is 9.24. The van der Waals surface area contributed by atoms with E-state index in [1.807, 2.05) is 6.07 Å². The number of rotatable bonds is 7. The van der Waals surface area contributed by atoms with Gasteiger partial charge < -0.3 is 25.3 Å². The first-order valence-electron chi connectivity index (χ1n) is 15.9. The first kappa shape index (κ1) is 29.9. The van der Waals surface area contributed by atoms with E-state index in [1.54, 1.807) is 0 Å². The van der Waals surface area contributed by atoms with E-state index in [0.717, 1.165) is 75.3 Å². The minimum absolute atomic E-state index is 0.0308. The second kappa shape index (κ2) is 13.3. The van der Waals surface area contributed by atoms with Crippen molar-refractivity contribution < 1.29 is 0 Å². The summed E-state index contributed by atoms with van der Waals surface area (Å²) in [7, 11) is 0. The van der Waals surface area contributed by atoms with E-state index in [1.165, 1.54) is 30.5 Å². The SMILES string of the molecule is C[C@@H]1C[C@H](C)CN(c2cc(N3CCN(c4ccccc4)CC3)nc(NC(=S)NCC3(c4cccc(Cl)c4)CCCC3)n2)C1. The van der Waals surface area contributed by atoms with E-state index in [9.17, 15) is 0 Å². The Morgan fingerprint density at radius 3 is 2.19 bits per heavy atom. The van der Waals surface area contributed by atoms with Gasteiger partial charge >= 0.3 is 0 Å². The highest BCUT2D eigenvalue weighted by atomic mass is 35.5. The monoisotopic (exact) mass is 617 g/mol. The number of nitrogens with zero attached hydrogens (tertiary/aromatic N) is 5. The van der Waals surface area contributed by atoms with Crippen LogP contribution in [0.25, 0.3) is 0 Å². The van der Waals surface area contributed by atoms with Gasteiger partial charge in [-0.25, -0.2) is 0 Å². The fourth-order valence-electron chi connectivity index (χ4n) is 7.32. The molecule has 3 aromatic rings. The molecular weight excluding hydrogens is 574 g/mol. The molecule has 3 aliphatic rings. The van der Waals surface area contributed by atoms with Gasteiger partial charge in [-0.3, -0.25) is 0 Å². The smallest absolute Gasteiger partial charge is 0.232 e. The van der Waals surface area contributed by atoms with E-state index in [0.29, 0.717) is 22.9 Å². The highest BCUT2D eigenvalue weighted by Crippen LogP contribution is 2.41. The first-order chi connectivity index (χ1) is 20.9. The summed E-state index contributed by atoms with van der Waals surface area (Å²) in [4.78, 5) is 17.3. The molecule has 2 saturated heterocycles. The predicted molar refractivity (Wildman–Crippen MR) is 184 cm³/mol. The molecule has 2 aliphatic heterocycles. The molecule has 3 heterocycles. The molecule has 0 spiro atoms. The van der Waals surface area contributed by atoms with Crippen LogP contribution in [0.15, 0.2) is 60.7 Å². The minimum Gasteiger partial charge on any atom is -0.368 e. The molecule has 6 rings (SSSR count). The van der Waals surface area contributed by atoms with Crippen molar-refractivity contribution in [2.75, 3.05) is 65.8 Å². The third-order valence-corrected chi connectivity index (χ3v) is 9.91. The normalized spacial score (nSPS) is 22.0. The summed E-state index contributed by atoms with van der Waals surface area (Å²) >= 11 is 12.2. The van der Waals surface area contributed by atoms with Crippen molar-refractivity contribution in [2.45, 2.75) is 51.4 Å². The molecule has 1 aromatic heterocycles. The molecule has 0 radical (unpaired) electrons. The molecule has 3 fully saturated rings. The number of hydrogen-bond donors (Lipinski definition) is 2. The van der Waals surface area contributed by atoms with Crippen LogP contribution < -0.4 is 25.3 Å². The Morgan fingerprint density at radius 2 is 1.51 bits per heavy atom. The van der Waals surface area contributed by atoms with Crippen LogP contribution in [-0.4, -0.2) is 60.9 Å². The Morgan fingerprint density at radius 1 is 0.860 bits per heavy atom. The van der Waals surface area contributed by atoms with Crippen molar-refractivity contribution in [3.05, 3.63) is 71.2 Å². The van der Waals surface area contributed by atoms with Gasteiger partial charge in [-0.15, -0.1) is 0 Å². The lowest BCUT2D eigenvalue weighted by atomic mass is 9.79. The van der Waals surface area contributed by atoms with Gasteiger partial charge in [-0.1, -0.05) is 68.6 Å². The zero-order valence-electron chi connectivity index (χ0n) is 25.4. The average Bonchev–Trinajstić information content (AvgIpc) is 3.50. The second-order valence-electron chi connectivity index (χ2n) is 12.9. The lowest BCUT2D eigenvalue weighted by Gasteiger charge is -2.38. The van der Waals surface area contributed by atoms with Crippen LogP contribution in [0.2, 0.25) is 5.02 Å². The van der Waals surface area contributed by atoms with Gasteiger partial charge in [-0.05, 0) is 73.1 Å². The number of benzene rings is 2. The van der Waals surface area contributed by atoms with Crippen LogP contribution in [-0.2, 0) is 5.41 Å². The van der Waals surface area contributed by atoms with Crippen LogP contribution in [0, 0.1) is 11.8 Å². The number of thiocarbonyl (C=S) groups is 1. The summed E-state index contributed by atoms with van der Waals surface area (Å²) in [5, 5.41) is 8.25. The van der Waals surface area contributed by atoms with Crippen LogP contribution in [0.4, 0.5) is 23.3 Å². The quantitative estimate of drug-likeness (QED) is 0.283. The third kappa shape index (κ3) is 7.18. The van der Waals surface area contributed by atoms with Gasteiger partial charge in [-0.2, -0.15) is 9.97 Å². The molecule has 1 saturated carbocycles. The summed E-state index contributed by atoms with van der Waals surface area (Å²) < 4.78 is 0. The maximum absolute atomic E-state index is 6.38. The number of piperidine rings is 1. The van der Waals surface area contributed by atoms with Gasteiger partial charge in [0.15, 0.2) is 5.11 Å². The maximum Gasteiger partial charge on any atom is 0.232 e. The van der Waals surface area contributed by atoms with Crippen molar-refractivity contribution >= 4 is 52.2 Å². The van der Waals surface area contributed by atoms with E-state index in [4.69, 9.17) is 33.8 Å². The highest BCUT2D eigenvalue weighted by Gasteiger charge is 2.36. The van der Waals surface area contributed by atoms with Crippen molar-refractivity contribution in [3.8, 4) is 0 Å². The Labute approximate surface area is 267 Å². The molecule has 0 amide bonds. The fraction of sp³-hybridized carbons (Fsp3) is 0.500. The standard InChI is InChI=1S/C34H44ClN7S/c1-25-19-26(2)23-42(22-25)31-21-30(41-17-15-40(16-18-41)29-11-4-3-5-12-29)37-32(38-31)39-33(43)36-24-34(13-6-7-14-34)27-9-8-10-28(35)20-27/h3-5,8-12,20-21,25-26H,6-7,13-19,22-24H2,1-2H3,(H2,36,37,38,39,43)/t25-,26+. The Hall–Kier alpha value is -3.10. The number of nitrogens with one attached hydrogen (secondary N) is 2. The third-order valence-electron chi connectivity index (χ3n) is 9.43. The van der Waals surface area contributed by atoms with Crippen LogP contribution >= 0.6 is 23.8 Å². The van der Waals surface area contributed by atoms with Crippen LogP contribution in [0.5, 0.6) is 0 Å². The molecule has 2 atom stereocenters. The molecule has 1 aliphatic carbocycles. The number of piperazine rings is 1. The molecule has 9 heteroatoms. The largest absolute Gasteiger partial charge is 0.368 e. The highest BCUT2D eigenvalue weighted by molar-refractivity contribution is 7.80. The Balaban J connectivity index is 1.19. The molecule has 0 unspecified atom stereocenters. The number of para-hydroxylation sites is 1. The summed E-state index contributed by atoms with van der Waals surface area (Å²) in [5.74, 6) is 3.75. The summed E-state index contributed by atoms with van der Waals surface area (Å²) in [6, 6.07) is 21.2. The number of halogens is 1. The van der Waals surface area contributed by atoms with E-state index >= 15 is 0 Å². The number of anilines is 4. The number of aromatic nitrogens is 2. The summed E-state index contributed by atoms with van der Waals surface area (Å²) in [6.07, 6.45) is 5.93. The van der Waals surface area contributed by atoms with E-state index in [-0.39, 0.29) is 5.41 Å². The maximum atomic E-state index is 6.38.